The van der Waals surface area contributed by atoms with Crippen LogP contribution < -0.4 is 0 Å². The first kappa shape index (κ1) is 12.9. The second-order valence-corrected chi connectivity index (χ2v) is 5.62. The monoisotopic (exact) mass is 282 g/mol. The fourth-order valence-electron chi connectivity index (χ4n) is 2.61. The molecule has 0 bridgehead atoms. The zero-order valence-electron chi connectivity index (χ0n) is 10.8. The van der Waals surface area contributed by atoms with Crippen LogP contribution in [-0.4, -0.2) is 22.3 Å². The molecule has 1 aromatic carbocycles. The van der Waals surface area contributed by atoms with Crippen LogP contribution in [-0.2, 0) is 11.3 Å². The standard InChI is InChI=1S/C14H16ClFN2O/c1-9(15)14-17-12-7-10(16)4-5-13(12)18(14)8-11-3-2-6-19-11/h4-5,7,9,11H,2-3,6,8H2,1H3. The highest BCUT2D eigenvalue weighted by Crippen LogP contribution is 2.27. The zero-order valence-corrected chi connectivity index (χ0v) is 11.5. The third-order valence-electron chi connectivity index (χ3n) is 3.51. The maximum absolute atomic E-state index is 13.3. The minimum absolute atomic E-state index is 0.205. The highest BCUT2D eigenvalue weighted by atomic mass is 35.5. The molecule has 2 aromatic rings. The van der Waals surface area contributed by atoms with E-state index in [2.05, 4.69) is 9.55 Å². The molecule has 0 saturated carbocycles. The summed E-state index contributed by atoms with van der Waals surface area (Å²) in [6.45, 7) is 3.43. The average molecular weight is 283 g/mol. The van der Waals surface area contributed by atoms with Gasteiger partial charge in [-0.1, -0.05) is 0 Å². The molecule has 2 atom stereocenters. The van der Waals surface area contributed by atoms with Crippen LogP contribution in [0.5, 0.6) is 0 Å². The van der Waals surface area contributed by atoms with Crippen molar-refractivity contribution in [3.8, 4) is 0 Å². The number of benzene rings is 1. The van der Waals surface area contributed by atoms with Gasteiger partial charge < -0.3 is 9.30 Å². The Kier molecular flexibility index (Phi) is 3.46. The molecule has 3 nitrogen and oxygen atoms in total. The largest absolute Gasteiger partial charge is 0.376 e. The normalized spacial score (nSPS) is 21.1. The number of nitrogens with zero attached hydrogens (tertiary/aromatic N) is 2. The summed E-state index contributed by atoms with van der Waals surface area (Å²) in [5.74, 6) is 0.501. The third kappa shape index (κ3) is 2.47. The van der Waals surface area contributed by atoms with Crippen LogP contribution in [0.25, 0.3) is 11.0 Å². The van der Waals surface area contributed by atoms with Crippen LogP contribution in [0, 0.1) is 5.82 Å². The summed E-state index contributed by atoms with van der Waals surface area (Å²) in [6, 6.07) is 4.66. The molecule has 0 amide bonds. The van der Waals surface area contributed by atoms with Crippen LogP contribution in [0.1, 0.15) is 31.0 Å². The Morgan fingerprint density at radius 3 is 3.11 bits per heavy atom. The van der Waals surface area contributed by atoms with Gasteiger partial charge in [0.05, 0.1) is 29.1 Å². The minimum atomic E-state index is -0.275. The number of halogens is 2. The molecule has 102 valence electrons. The van der Waals surface area contributed by atoms with Crippen LogP contribution in [0.4, 0.5) is 4.39 Å². The van der Waals surface area contributed by atoms with Gasteiger partial charge in [-0.15, -0.1) is 11.6 Å². The molecular formula is C14H16ClFN2O. The number of ether oxygens (including phenoxy) is 1. The van der Waals surface area contributed by atoms with Gasteiger partial charge in [-0.3, -0.25) is 0 Å². The second kappa shape index (κ2) is 5.10. The van der Waals surface area contributed by atoms with Gasteiger partial charge >= 0.3 is 0 Å². The van der Waals surface area contributed by atoms with E-state index in [1.54, 1.807) is 6.07 Å². The molecule has 2 unspecified atom stereocenters. The number of hydrogen-bond donors (Lipinski definition) is 0. The van der Waals surface area contributed by atoms with Crippen LogP contribution in [0.3, 0.4) is 0 Å². The maximum atomic E-state index is 13.3. The average Bonchev–Trinajstić information content (AvgIpc) is 2.97. The van der Waals surface area contributed by atoms with E-state index in [1.165, 1.54) is 12.1 Å². The van der Waals surface area contributed by atoms with E-state index in [1.807, 2.05) is 6.92 Å². The van der Waals surface area contributed by atoms with Crippen molar-refractivity contribution in [3.05, 3.63) is 29.8 Å². The first-order valence-corrected chi connectivity index (χ1v) is 7.00. The fourth-order valence-corrected chi connectivity index (χ4v) is 2.78. The van der Waals surface area contributed by atoms with Gasteiger partial charge in [0.15, 0.2) is 0 Å². The molecule has 1 aromatic heterocycles. The number of hydrogen-bond acceptors (Lipinski definition) is 2. The smallest absolute Gasteiger partial charge is 0.127 e. The van der Waals surface area contributed by atoms with Crippen molar-refractivity contribution in [2.45, 2.75) is 37.8 Å². The van der Waals surface area contributed by atoms with Crippen LogP contribution in [0.2, 0.25) is 0 Å². The third-order valence-corrected chi connectivity index (χ3v) is 3.70. The molecule has 2 heterocycles. The van der Waals surface area contributed by atoms with E-state index in [0.717, 1.165) is 37.3 Å². The van der Waals surface area contributed by atoms with Crippen molar-refractivity contribution in [2.75, 3.05) is 6.61 Å². The molecule has 19 heavy (non-hydrogen) atoms. The number of aromatic nitrogens is 2. The van der Waals surface area contributed by atoms with Gasteiger partial charge in [-0.25, -0.2) is 9.37 Å². The van der Waals surface area contributed by atoms with Gasteiger partial charge in [0.25, 0.3) is 0 Å². The molecule has 0 radical (unpaired) electrons. The lowest BCUT2D eigenvalue weighted by atomic mass is 10.2. The number of alkyl halides is 1. The first-order chi connectivity index (χ1) is 9.15. The second-order valence-electron chi connectivity index (χ2n) is 4.96. The topological polar surface area (TPSA) is 27.1 Å². The summed E-state index contributed by atoms with van der Waals surface area (Å²) in [6.07, 6.45) is 2.35. The van der Waals surface area contributed by atoms with E-state index in [4.69, 9.17) is 16.3 Å². The number of imidazole rings is 1. The maximum Gasteiger partial charge on any atom is 0.127 e. The van der Waals surface area contributed by atoms with Gasteiger partial charge in [-0.05, 0) is 31.9 Å². The number of rotatable bonds is 3. The zero-order chi connectivity index (χ0) is 13.4. The molecule has 0 aliphatic carbocycles. The number of fused-ring (bicyclic) bond motifs is 1. The van der Waals surface area contributed by atoms with E-state index < -0.39 is 0 Å². The quantitative estimate of drug-likeness (QED) is 0.804. The van der Waals surface area contributed by atoms with Gasteiger partial charge in [0.1, 0.15) is 11.6 Å². The van der Waals surface area contributed by atoms with E-state index in [-0.39, 0.29) is 17.3 Å². The molecular weight excluding hydrogens is 267 g/mol. The molecule has 0 spiro atoms. The van der Waals surface area contributed by atoms with E-state index in [9.17, 15) is 4.39 Å². The van der Waals surface area contributed by atoms with E-state index in [0.29, 0.717) is 5.52 Å². The molecule has 0 N–H and O–H groups in total. The summed E-state index contributed by atoms with van der Waals surface area (Å²) in [7, 11) is 0. The summed E-state index contributed by atoms with van der Waals surface area (Å²) in [4.78, 5) is 4.45. The van der Waals surface area contributed by atoms with Crippen molar-refractivity contribution in [3.63, 3.8) is 0 Å². The minimum Gasteiger partial charge on any atom is -0.376 e. The van der Waals surface area contributed by atoms with E-state index >= 15 is 0 Å². The van der Waals surface area contributed by atoms with Gasteiger partial charge in [0.2, 0.25) is 0 Å². The molecule has 1 aliphatic heterocycles. The fraction of sp³-hybridized carbons (Fsp3) is 0.500. The lowest BCUT2D eigenvalue weighted by molar-refractivity contribution is 0.0972. The van der Waals surface area contributed by atoms with Crippen LogP contribution >= 0.6 is 11.6 Å². The van der Waals surface area contributed by atoms with Crippen molar-refractivity contribution in [1.82, 2.24) is 9.55 Å². The Morgan fingerprint density at radius 1 is 1.58 bits per heavy atom. The van der Waals surface area contributed by atoms with Crippen molar-refractivity contribution in [1.29, 1.82) is 0 Å². The lowest BCUT2D eigenvalue weighted by Crippen LogP contribution is -2.17. The Hall–Kier alpha value is -1.13. The Morgan fingerprint density at radius 2 is 2.42 bits per heavy atom. The van der Waals surface area contributed by atoms with Crippen molar-refractivity contribution < 1.29 is 9.13 Å². The summed E-state index contributed by atoms with van der Waals surface area (Å²) in [5.41, 5.74) is 1.57. The van der Waals surface area contributed by atoms with Crippen molar-refractivity contribution >= 4 is 22.6 Å². The van der Waals surface area contributed by atoms with Crippen LogP contribution in [0.15, 0.2) is 18.2 Å². The highest BCUT2D eigenvalue weighted by molar-refractivity contribution is 6.20. The molecule has 1 fully saturated rings. The van der Waals surface area contributed by atoms with Gasteiger partial charge in [0, 0.05) is 12.7 Å². The molecule has 1 saturated heterocycles. The highest BCUT2D eigenvalue weighted by Gasteiger charge is 2.21. The molecule has 5 heteroatoms. The van der Waals surface area contributed by atoms with Gasteiger partial charge in [-0.2, -0.15) is 0 Å². The predicted octanol–water partition coefficient (Wildman–Crippen LogP) is 3.65. The first-order valence-electron chi connectivity index (χ1n) is 6.56. The molecule has 1 aliphatic rings. The Balaban J connectivity index is 2.05. The summed E-state index contributed by atoms with van der Waals surface area (Å²) >= 11 is 6.19. The Bertz CT molecular complexity index is 590. The lowest BCUT2D eigenvalue weighted by Gasteiger charge is -2.15. The predicted molar refractivity (Wildman–Crippen MR) is 72.9 cm³/mol. The SMILES string of the molecule is CC(Cl)c1nc2cc(F)ccc2n1CC1CCCO1. The van der Waals surface area contributed by atoms with Crippen molar-refractivity contribution in [2.24, 2.45) is 0 Å². The summed E-state index contributed by atoms with van der Waals surface area (Å²) < 4.78 is 21.0. The molecule has 3 rings (SSSR count). The Labute approximate surface area is 116 Å². The summed E-state index contributed by atoms with van der Waals surface area (Å²) in [5, 5.41) is -0.211.